The van der Waals surface area contributed by atoms with Gasteiger partial charge in [0.25, 0.3) is 0 Å². The number of piperidine rings is 1. The van der Waals surface area contributed by atoms with Crippen molar-refractivity contribution in [2.75, 3.05) is 23.3 Å². The standard InChI is InChI=1S/C19H22N6O2/c1-14-6-5-10-23(12-14)17-18-22-25(19(27)24(18)11-9-20-17)13-16(26)21-15-7-3-2-4-8-15/h2-4,7-9,11,14H,5-6,10,12-13H2,1H3,(H,21,26). The molecule has 1 aromatic carbocycles. The van der Waals surface area contributed by atoms with Gasteiger partial charge < -0.3 is 10.2 Å². The lowest BCUT2D eigenvalue weighted by Gasteiger charge is -2.31. The summed E-state index contributed by atoms with van der Waals surface area (Å²) in [5.74, 6) is 0.974. The molecular weight excluding hydrogens is 344 g/mol. The Labute approximate surface area is 156 Å². The van der Waals surface area contributed by atoms with Gasteiger partial charge in [0.2, 0.25) is 11.6 Å². The summed E-state index contributed by atoms with van der Waals surface area (Å²) in [7, 11) is 0. The molecule has 0 bridgehead atoms. The second kappa shape index (κ2) is 7.22. The number of nitrogens with one attached hydrogen (secondary N) is 1. The van der Waals surface area contributed by atoms with Crippen LogP contribution >= 0.6 is 0 Å². The minimum Gasteiger partial charge on any atom is -0.353 e. The molecule has 27 heavy (non-hydrogen) atoms. The molecule has 1 saturated heterocycles. The largest absolute Gasteiger partial charge is 0.353 e. The summed E-state index contributed by atoms with van der Waals surface area (Å²) in [6, 6.07) is 9.14. The van der Waals surface area contributed by atoms with Crippen molar-refractivity contribution >= 4 is 23.1 Å². The van der Waals surface area contributed by atoms with Crippen LogP contribution in [-0.2, 0) is 11.3 Å². The summed E-state index contributed by atoms with van der Waals surface area (Å²) in [5.41, 5.74) is 0.829. The second-order valence-electron chi connectivity index (χ2n) is 6.99. The second-order valence-corrected chi connectivity index (χ2v) is 6.99. The van der Waals surface area contributed by atoms with E-state index < -0.39 is 0 Å². The zero-order chi connectivity index (χ0) is 18.8. The number of amides is 1. The Morgan fingerprint density at radius 2 is 2.11 bits per heavy atom. The highest BCUT2D eigenvalue weighted by Crippen LogP contribution is 2.23. The van der Waals surface area contributed by atoms with Crippen LogP contribution in [0.5, 0.6) is 0 Å². The first-order valence-corrected chi connectivity index (χ1v) is 9.16. The van der Waals surface area contributed by atoms with Crippen LogP contribution in [0.25, 0.3) is 5.65 Å². The van der Waals surface area contributed by atoms with Crippen molar-refractivity contribution in [3.8, 4) is 0 Å². The van der Waals surface area contributed by atoms with E-state index in [2.05, 4.69) is 27.2 Å². The van der Waals surface area contributed by atoms with Gasteiger partial charge in [0, 0.05) is 31.2 Å². The van der Waals surface area contributed by atoms with Gasteiger partial charge in [-0.15, -0.1) is 5.10 Å². The third-order valence-electron chi connectivity index (χ3n) is 4.79. The Balaban J connectivity index is 1.61. The lowest BCUT2D eigenvalue weighted by atomic mass is 10.0. The number of carbonyl (C=O) groups excluding carboxylic acids is 1. The lowest BCUT2D eigenvalue weighted by Crippen LogP contribution is -2.35. The van der Waals surface area contributed by atoms with E-state index in [4.69, 9.17) is 0 Å². The summed E-state index contributed by atoms with van der Waals surface area (Å²) >= 11 is 0. The zero-order valence-electron chi connectivity index (χ0n) is 15.2. The Hall–Kier alpha value is -3.16. The van der Waals surface area contributed by atoms with E-state index in [0.717, 1.165) is 19.5 Å². The average molecular weight is 366 g/mol. The van der Waals surface area contributed by atoms with Crippen molar-refractivity contribution in [3.05, 3.63) is 53.2 Å². The van der Waals surface area contributed by atoms with Crippen molar-refractivity contribution in [3.63, 3.8) is 0 Å². The summed E-state index contributed by atoms with van der Waals surface area (Å²) in [5, 5.41) is 7.17. The van der Waals surface area contributed by atoms with Crippen molar-refractivity contribution in [1.82, 2.24) is 19.2 Å². The number of hydrogen-bond acceptors (Lipinski definition) is 5. The van der Waals surface area contributed by atoms with Crippen LogP contribution in [-0.4, -0.2) is 38.2 Å². The van der Waals surface area contributed by atoms with Crippen LogP contribution < -0.4 is 15.9 Å². The Morgan fingerprint density at radius 3 is 2.89 bits per heavy atom. The number of anilines is 2. The Bertz CT molecular complexity index is 1010. The van der Waals surface area contributed by atoms with Gasteiger partial charge in [-0.25, -0.2) is 18.9 Å². The molecule has 0 spiro atoms. The van der Waals surface area contributed by atoms with Gasteiger partial charge in [-0.05, 0) is 30.9 Å². The summed E-state index contributed by atoms with van der Waals surface area (Å²) in [4.78, 5) is 31.6. The van der Waals surface area contributed by atoms with Gasteiger partial charge in [0.15, 0.2) is 5.82 Å². The number of hydrogen-bond donors (Lipinski definition) is 1. The molecule has 8 nitrogen and oxygen atoms in total. The van der Waals surface area contributed by atoms with Crippen LogP contribution in [0.4, 0.5) is 11.5 Å². The summed E-state index contributed by atoms with van der Waals surface area (Å²) in [6.45, 7) is 3.85. The molecule has 2 aromatic heterocycles. The fourth-order valence-electron chi connectivity index (χ4n) is 3.50. The third-order valence-corrected chi connectivity index (χ3v) is 4.79. The predicted octanol–water partition coefficient (Wildman–Crippen LogP) is 1.77. The number of fused-ring (bicyclic) bond motifs is 1. The maximum atomic E-state index is 12.7. The molecule has 1 N–H and O–H groups in total. The minimum absolute atomic E-state index is 0.148. The zero-order valence-corrected chi connectivity index (χ0v) is 15.2. The molecule has 0 radical (unpaired) electrons. The molecule has 8 heteroatoms. The van der Waals surface area contributed by atoms with Crippen LogP contribution in [0.1, 0.15) is 19.8 Å². The van der Waals surface area contributed by atoms with Gasteiger partial charge in [0.1, 0.15) is 6.54 Å². The average Bonchev–Trinajstić information content (AvgIpc) is 2.98. The monoisotopic (exact) mass is 366 g/mol. The van der Waals surface area contributed by atoms with Crippen LogP contribution in [0.3, 0.4) is 0 Å². The molecule has 1 aliphatic heterocycles. The number of aromatic nitrogens is 4. The van der Waals surface area contributed by atoms with Crippen molar-refractivity contribution in [2.24, 2.45) is 5.92 Å². The molecule has 1 atom stereocenters. The lowest BCUT2D eigenvalue weighted by molar-refractivity contribution is -0.117. The first-order valence-electron chi connectivity index (χ1n) is 9.16. The molecule has 1 unspecified atom stereocenters. The summed E-state index contributed by atoms with van der Waals surface area (Å²) in [6.07, 6.45) is 5.49. The fourth-order valence-corrected chi connectivity index (χ4v) is 3.50. The van der Waals surface area contributed by atoms with Crippen LogP contribution in [0.15, 0.2) is 47.5 Å². The van der Waals surface area contributed by atoms with Crippen molar-refractivity contribution in [1.29, 1.82) is 0 Å². The quantitative estimate of drug-likeness (QED) is 0.761. The van der Waals surface area contributed by atoms with Crippen molar-refractivity contribution in [2.45, 2.75) is 26.3 Å². The smallest absolute Gasteiger partial charge is 0.350 e. The summed E-state index contributed by atoms with van der Waals surface area (Å²) < 4.78 is 2.64. The number of nitrogens with zero attached hydrogens (tertiary/aromatic N) is 5. The maximum Gasteiger partial charge on any atom is 0.350 e. The van der Waals surface area contributed by atoms with Gasteiger partial charge in [-0.3, -0.25) is 4.79 Å². The van der Waals surface area contributed by atoms with E-state index in [1.165, 1.54) is 15.5 Å². The van der Waals surface area contributed by atoms with E-state index >= 15 is 0 Å². The molecule has 0 saturated carbocycles. The third kappa shape index (κ3) is 3.55. The molecule has 3 heterocycles. The number of rotatable bonds is 4. The van der Waals surface area contributed by atoms with E-state index in [9.17, 15) is 9.59 Å². The number of benzene rings is 1. The van der Waals surface area contributed by atoms with E-state index in [1.54, 1.807) is 24.5 Å². The predicted molar refractivity (Wildman–Crippen MR) is 103 cm³/mol. The molecule has 1 amide bonds. The molecule has 140 valence electrons. The first-order chi connectivity index (χ1) is 13.1. The highest BCUT2D eigenvalue weighted by Gasteiger charge is 2.22. The van der Waals surface area contributed by atoms with Crippen molar-refractivity contribution < 1.29 is 4.79 Å². The SMILES string of the molecule is CC1CCCN(c2nccn3c(=O)n(CC(=O)Nc4ccccc4)nc23)C1. The van der Waals surface area contributed by atoms with Gasteiger partial charge in [-0.2, -0.15) is 0 Å². The first kappa shape index (κ1) is 17.3. The molecule has 1 aliphatic rings. The van der Waals surface area contributed by atoms with Gasteiger partial charge in [-0.1, -0.05) is 25.1 Å². The van der Waals surface area contributed by atoms with E-state index in [1.807, 2.05) is 18.2 Å². The Kier molecular flexibility index (Phi) is 4.62. The molecule has 0 aliphatic carbocycles. The highest BCUT2D eigenvalue weighted by atomic mass is 16.2. The van der Waals surface area contributed by atoms with E-state index in [0.29, 0.717) is 23.1 Å². The Morgan fingerprint density at radius 1 is 1.30 bits per heavy atom. The number of carbonyl (C=O) groups is 1. The molecule has 1 fully saturated rings. The fraction of sp³-hybridized carbons (Fsp3) is 0.368. The number of para-hydroxylation sites is 1. The van der Waals surface area contributed by atoms with Gasteiger partial charge >= 0.3 is 5.69 Å². The van der Waals surface area contributed by atoms with Crippen LogP contribution in [0, 0.1) is 5.92 Å². The van der Waals surface area contributed by atoms with Crippen LogP contribution in [0.2, 0.25) is 0 Å². The molecule has 3 aromatic rings. The highest BCUT2D eigenvalue weighted by molar-refractivity contribution is 5.90. The maximum absolute atomic E-state index is 12.7. The molecule has 4 rings (SSSR count). The molecular formula is C19H22N6O2. The van der Waals surface area contributed by atoms with E-state index in [-0.39, 0.29) is 18.1 Å². The topological polar surface area (TPSA) is 84.5 Å². The van der Waals surface area contributed by atoms with Gasteiger partial charge in [0.05, 0.1) is 0 Å². The minimum atomic E-state index is -0.345. The normalized spacial score (nSPS) is 17.2.